The minimum absolute atomic E-state index is 0.510. The van der Waals surface area contributed by atoms with Crippen LogP contribution in [0.15, 0.2) is 0 Å². The Balaban J connectivity index is 1.91. The zero-order chi connectivity index (χ0) is 21.6. The lowest BCUT2D eigenvalue weighted by Crippen LogP contribution is -2.68. The third kappa shape index (κ3) is 5.42. The number of hydrogen-bond acceptors (Lipinski definition) is 13. The summed E-state index contributed by atoms with van der Waals surface area (Å²) in [6.45, 7) is 2.14. The van der Waals surface area contributed by atoms with Crippen LogP contribution in [0.3, 0.4) is 0 Å². The van der Waals surface area contributed by atoms with Gasteiger partial charge in [0.1, 0.15) is 18.3 Å². The van der Waals surface area contributed by atoms with Gasteiger partial charge in [-0.2, -0.15) is 13.1 Å². The molecule has 29 heavy (non-hydrogen) atoms. The van der Waals surface area contributed by atoms with Crippen molar-refractivity contribution in [2.75, 3.05) is 6.61 Å². The van der Waals surface area contributed by atoms with Crippen LogP contribution in [-0.4, -0.2) is 79.2 Å². The molecule has 0 aromatic carbocycles. The molecule has 0 bridgehead atoms. The third-order valence-corrected chi connectivity index (χ3v) is 6.10. The smallest absolute Gasteiger partial charge is 0.338 e. The predicted octanol–water partition coefficient (Wildman–Crippen LogP) is -2.98. The Morgan fingerprint density at radius 1 is 1.14 bits per heavy atom. The molecule has 3 aliphatic rings. The molecule has 2 N–H and O–H groups in total. The topological polar surface area (TPSA) is 190 Å². The highest BCUT2D eigenvalue weighted by molar-refractivity contribution is 7.84. The van der Waals surface area contributed by atoms with Gasteiger partial charge in [0, 0.05) is 0 Å². The maximum absolute atomic E-state index is 12.1. The number of ether oxygens (including phenoxy) is 3. The number of nitrogens with one attached hydrogen (secondary N) is 1. The predicted molar refractivity (Wildman–Crippen MR) is 91.3 cm³/mol. The second-order valence-electron chi connectivity index (χ2n) is 7.00. The first-order chi connectivity index (χ1) is 13.3. The minimum Gasteiger partial charge on any atom is -0.372 e. The molecule has 2 heterocycles. The Hall–Kier alpha value is -0.470. The van der Waals surface area contributed by atoms with E-state index >= 15 is 0 Å². The van der Waals surface area contributed by atoms with Gasteiger partial charge in [0.05, 0.1) is 12.7 Å². The van der Waals surface area contributed by atoms with E-state index in [-0.39, 0.29) is 0 Å². The van der Waals surface area contributed by atoms with Gasteiger partial charge in [-0.3, -0.25) is 12.5 Å². The third-order valence-electron chi connectivity index (χ3n) is 4.20. The molecule has 1 unspecified atom stereocenters. The Bertz CT molecular complexity index is 863. The lowest BCUT2D eigenvalue weighted by Gasteiger charge is -2.44. The van der Waals surface area contributed by atoms with Gasteiger partial charge in [-0.25, -0.2) is 16.8 Å². The fraction of sp³-hybridized carbons (Fsp3) is 1.00. The molecule has 17 heteroatoms. The summed E-state index contributed by atoms with van der Waals surface area (Å²) >= 11 is 0. The number of aliphatic hydroxyl groups excluding tert-OH is 1. The van der Waals surface area contributed by atoms with Crippen molar-refractivity contribution in [1.29, 1.82) is 0 Å². The van der Waals surface area contributed by atoms with Crippen LogP contribution in [0, 0.1) is 0 Å². The van der Waals surface area contributed by atoms with Crippen LogP contribution in [0.4, 0.5) is 0 Å². The molecule has 0 spiro atoms. The van der Waals surface area contributed by atoms with Crippen LogP contribution in [0.5, 0.6) is 0 Å². The van der Waals surface area contributed by atoms with Crippen molar-refractivity contribution in [3.05, 3.63) is 0 Å². The quantitative estimate of drug-likeness (QED) is 0.192. The van der Waals surface area contributed by atoms with E-state index in [2.05, 4.69) is 4.18 Å². The second-order valence-corrected chi connectivity index (χ2v) is 9.66. The van der Waals surface area contributed by atoms with Crippen molar-refractivity contribution in [3.63, 3.8) is 0 Å². The highest BCUT2D eigenvalue weighted by Gasteiger charge is 2.67. The van der Waals surface area contributed by atoms with E-state index in [1.807, 2.05) is 4.72 Å². The molecule has 1 saturated carbocycles. The Labute approximate surface area is 169 Å². The van der Waals surface area contributed by atoms with Crippen molar-refractivity contribution < 1.29 is 57.1 Å². The van der Waals surface area contributed by atoms with Gasteiger partial charge in [0.2, 0.25) is 5.79 Å². The molecule has 170 valence electrons. The van der Waals surface area contributed by atoms with Crippen LogP contribution >= 0.6 is 0 Å². The minimum atomic E-state index is -4.42. The number of rotatable bonds is 9. The average molecular weight is 483 g/mol. The largest absolute Gasteiger partial charge is 0.372 e. The van der Waals surface area contributed by atoms with Gasteiger partial charge in [0.15, 0.2) is 12.0 Å². The van der Waals surface area contributed by atoms with Gasteiger partial charge in [-0.1, -0.05) is 0 Å². The fourth-order valence-corrected chi connectivity index (χ4v) is 4.96. The zero-order valence-electron chi connectivity index (χ0n) is 15.2. The van der Waals surface area contributed by atoms with Gasteiger partial charge in [-0.05, 0) is 26.7 Å². The zero-order valence-corrected chi connectivity index (χ0v) is 17.8. The normalized spacial score (nSPS) is 35.7. The van der Waals surface area contributed by atoms with Gasteiger partial charge in [-0.15, -0.1) is 0 Å². The van der Waals surface area contributed by atoms with Crippen molar-refractivity contribution >= 4 is 32.3 Å². The molecule has 3 rings (SSSR count). The Morgan fingerprint density at radius 3 is 2.31 bits per heavy atom. The van der Waals surface area contributed by atoms with Gasteiger partial charge < -0.3 is 19.3 Å². The molecule has 1 aliphatic carbocycles. The first-order valence-electron chi connectivity index (χ1n) is 8.36. The molecule has 5 atom stereocenters. The first-order valence-corrected chi connectivity index (χ1v) is 12.0. The molecule has 0 radical (unpaired) electrons. The van der Waals surface area contributed by atoms with Crippen molar-refractivity contribution in [1.82, 2.24) is 4.72 Å². The standard InChI is InChI=1S/C12H21NO13S3/c1-11(2)22-9-8(24-28(17)18)7(23-27(15)16)5-21-12(9,26-11)10(14)13-29(19,20)25-6-3-4-6/h6-10,13-14,27-28H,3-5H2,1-2H3/t7-,8-,9+,10?,12-/m1/s1. The van der Waals surface area contributed by atoms with E-state index in [9.17, 15) is 30.4 Å². The molecular formula is C12H21NO13S3. The maximum atomic E-state index is 12.1. The second kappa shape index (κ2) is 8.23. The molecule has 0 aromatic rings. The lowest BCUT2D eigenvalue weighted by molar-refractivity contribution is -0.324. The summed E-state index contributed by atoms with van der Waals surface area (Å²) in [6, 6.07) is 0. The van der Waals surface area contributed by atoms with Crippen LogP contribution in [-0.2, 0) is 59.0 Å². The maximum Gasteiger partial charge on any atom is 0.338 e. The molecule has 3 fully saturated rings. The van der Waals surface area contributed by atoms with Gasteiger partial charge in [0.25, 0.3) is 22.0 Å². The molecule has 0 aromatic heterocycles. The number of fused-ring (bicyclic) bond motifs is 1. The van der Waals surface area contributed by atoms with Crippen LogP contribution in [0.1, 0.15) is 26.7 Å². The number of hydrogen-bond donors (Lipinski definition) is 4. The molecule has 0 amide bonds. The lowest BCUT2D eigenvalue weighted by atomic mass is 9.96. The summed E-state index contributed by atoms with van der Waals surface area (Å²) < 4.78 is 101. The van der Waals surface area contributed by atoms with E-state index in [4.69, 9.17) is 22.6 Å². The molecule has 2 aliphatic heterocycles. The summed E-state index contributed by atoms with van der Waals surface area (Å²) in [5.41, 5.74) is 0. The van der Waals surface area contributed by atoms with Gasteiger partial charge >= 0.3 is 10.3 Å². The Morgan fingerprint density at radius 2 is 1.76 bits per heavy atom. The van der Waals surface area contributed by atoms with Crippen molar-refractivity contribution in [2.24, 2.45) is 0 Å². The van der Waals surface area contributed by atoms with E-state index in [1.54, 1.807) is 0 Å². The molecule has 14 nitrogen and oxygen atoms in total. The molecular weight excluding hydrogens is 462 g/mol. The summed E-state index contributed by atoms with van der Waals surface area (Å²) in [7, 11) is -11.4. The summed E-state index contributed by atoms with van der Waals surface area (Å²) in [6.07, 6.45) is -6.27. The fourth-order valence-electron chi connectivity index (χ4n) is 3.07. The molecule has 2 saturated heterocycles. The highest BCUT2D eigenvalue weighted by atomic mass is 32.2. The van der Waals surface area contributed by atoms with E-state index in [0.717, 1.165) is 0 Å². The van der Waals surface area contributed by atoms with E-state index < -0.39 is 81.1 Å². The van der Waals surface area contributed by atoms with Crippen molar-refractivity contribution in [3.8, 4) is 0 Å². The first kappa shape index (κ1) is 23.2. The summed E-state index contributed by atoms with van der Waals surface area (Å²) in [5, 5.41) is 10.6. The van der Waals surface area contributed by atoms with Crippen molar-refractivity contribution in [2.45, 2.75) is 68.9 Å². The summed E-state index contributed by atoms with van der Waals surface area (Å²) in [5.74, 6) is -3.78. The summed E-state index contributed by atoms with van der Waals surface area (Å²) in [4.78, 5) is 0. The number of aliphatic hydroxyl groups is 1. The monoisotopic (exact) mass is 483 g/mol. The van der Waals surface area contributed by atoms with Crippen LogP contribution in [0.2, 0.25) is 0 Å². The van der Waals surface area contributed by atoms with E-state index in [0.29, 0.717) is 12.8 Å². The Kier molecular flexibility index (Phi) is 6.58. The SMILES string of the molecule is CC1(C)O[C@H]2[C@H](O[SH](=O)=O)[C@H](O[SH](=O)=O)CO[C@@]2(C(O)NS(=O)(=O)OC2CC2)O1. The van der Waals surface area contributed by atoms with E-state index in [1.165, 1.54) is 13.8 Å². The average Bonchev–Trinajstić information content (AvgIpc) is 3.28. The number of thiol groups is 2. The van der Waals surface area contributed by atoms with Crippen LogP contribution < -0.4 is 4.72 Å². The van der Waals surface area contributed by atoms with Crippen LogP contribution in [0.25, 0.3) is 0 Å². The highest BCUT2D eigenvalue weighted by Crippen LogP contribution is 2.45.